The number of hydrogen-bond donors (Lipinski definition) is 1. The van der Waals surface area contributed by atoms with E-state index in [1.54, 1.807) is 48.0 Å². The number of carbonyl (C=O) groups is 2. The van der Waals surface area contributed by atoms with E-state index in [4.69, 9.17) is 9.47 Å². The van der Waals surface area contributed by atoms with Crippen molar-refractivity contribution in [1.29, 1.82) is 0 Å². The molecular formula is C22H26N2O4S. The predicted molar refractivity (Wildman–Crippen MR) is 116 cm³/mol. The van der Waals surface area contributed by atoms with Crippen molar-refractivity contribution in [3.8, 4) is 11.5 Å². The highest BCUT2D eigenvalue weighted by Crippen LogP contribution is 2.24. The molecule has 1 unspecified atom stereocenters. The molecule has 3 rings (SSSR count). The van der Waals surface area contributed by atoms with E-state index in [2.05, 4.69) is 5.32 Å². The SMILES string of the molecule is COc1ccc(NC(=O)C2CSCN2C(=O)CCOc2cccc(C)c2C)cc1. The van der Waals surface area contributed by atoms with Crippen LogP contribution in [0.2, 0.25) is 0 Å². The summed E-state index contributed by atoms with van der Waals surface area (Å²) >= 11 is 1.58. The lowest BCUT2D eigenvalue weighted by Gasteiger charge is -2.23. The summed E-state index contributed by atoms with van der Waals surface area (Å²) in [5.41, 5.74) is 2.91. The molecule has 2 amide bonds. The Bertz CT molecular complexity index is 870. The quantitative estimate of drug-likeness (QED) is 0.750. The van der Waals surface area contributed by atoms with Crippen molar-refractivity contribution in [3.63, 3.8) is 0 Å². The second-order valence-electron chi connectivity index (χ2n) is 6.89. The standard InChI is InChI=1S/C22H26N2O4S/c1-15-5-4-6-20(16(15)2)28-12-11-21(25)24-14-29-13-19(24)22(26)23-17-7-9-18(27-3)10-8-17/h4-10,19H,11-14H2,1-3H3,(H,23,26). The van der Waals surface area contributed by atoms with Gasteiger partial charge in [-0.1, -0.05) is 12.1 Å². The van der Waals surface area contributed by atoms with E-state index in [9.17, 15) is 9.59 Å². The molecule has 0 spiro atoms. The van der Waals surface area contributed by atoms with Gasteiger partial charge in [-0.05, 0) is 55.3 Å². The highest BCUT2D eigenvalue weighted by atomic mass is 32.2. The number of ether oxygens (including phenoxy) is 2. The van der Waals surface area contributed by atoms with Crippen LogP contribution in [0.4, 0.5) is 5.69 Å². The molecule has 1 fully saturated rings. The molecule has 6 nitrogen and oxygen atoms in total. The summed E-state index contributed by atoms with van der Waals surface area (Å²) in [7, 11) is 1.59. The number of methoxy groups -OCH3 is 1. The Morgan fingerprint density at radius 1 is 1.17 bits per heavy atom. The maximum atomic E-state index is 12.7. The minimum absolute atomic E-state index is 0.0739. The van der Waals surface area contributed by atoms with Crippen LogP contribution in [0.25, 0.3) is 0 Å². The lowest BCUT2D eigenvalue weighted by Crippen LogP contribution is -2.44. The fraction of sp³-hybridized carbons (Fsp3) is 0.364. The fourth-order valence-corrected chi connectivity index (χ4v) is 4.26. The summed E-state index contributed by atoms with van der Waals surface area (Å²) in [6, 6.07) is 12.5. The molecule has 1 aliphatic heterocycles. The van der Waals surface area contributed by atoms with E-state index in [1.165, 1.54) is 0 Å². The number of carbonyl (C=O) groups excluding carboxylic acids is 2. The smallest absolute Gasteiger partial charge is 0.248 e. The molecule has 1 saturated heterocycles. The molecule has 29 heavy (non-hydrogen) atoms. The van der Waals surface area contributed by atoms with Gasteiger partial charge in [-0.25, -0.2) is 0 Å². The molecule has 1 heterocycles. The van der Waals surface area contributed by atoms with Crippen LogP contribution in [0, 0.1) is 13.8 Å². The van der Waals surface area contributed by atoms with Crippen LogP contribution in [-0.2, 0) is 9.59 Å². The van der Waals surface area contributed by atoms with E-state index in [-0.39, 0.29) is 24.8 Å². The van der Waals surface area contributed by atoms with E-state index >= 15 is 0 Å². The number of benzene rings is 2. The molecule has 1 atom stereocenters. The van der Waals surface area contributed by atoms with Crippen molar-refractivity contribution < 1.29 is 19.1 Å². The van der Waals surface area contributed by atoms with E-state index < -0.39 is 6.04 Å². The van der Waals surface area contributed by atoms with Gasteiger partial charge in [0.2, 0.25) is 11.8 Å². The van der Waals surface area contributed by atoms with Gasteiger partial charge in [-0.2, -0.15) is 0 Å². The third-order valence-electron chi connectivity index (χ3n) is 4.99. The van der Waals surface area contributed by atoms with Gasteiger partial charge in [0.05, 0.1) is 26.0 Å². The fourth-order valence-electron chi connectivity index (χ4n) is 3.08. The van der Waals surface area contributed by atoms with Gasteiger partial charge in [-0.15, -0.1) is 11.8 Å². The van der Waals surface area contributed by atoms with Crippen LogP contribution in [-0.4, -0.2) is 48.1 Å². The molecule has 0 saturated carbocycles. The second-order valence-corrected chi connectivity index (χ2v) is 7.89. The molecule has 1 N–H and O–H groups in total. The molecule has 1 aliphatic rings. The molecule has 0 aliphatic carbocycles. The third kappa shape index (κ3) is 5.23. The first-order valence-corrected chi connectivity index (χ1v) is 10.7. The number of anilines is 1. The Hall–Kier alpha value is -2.67. The molecule has 2 aromatic carbocycles. The monoisotopic (exact) mass is 414 g/mol. The average Bonchev–Trinajstić information content (AvgIpc) is 3.22. The van der Waals surface area contributed by atoms with E-state index in [1.807, 2.05) is 32.0 Å². The summed E-state index contributed by atoms with van der Waals surface area (Å²) in [6.45, 7) is 4.32. The number of hydrogen-bond acceptors (Lipinski definition) is 5. The lowest BCUT2D eigenvalue weighted by molar-refractivity contribution is -0.136. The Labute approximate surface area is 175 Å². The molecular weight excluding hydrogens is 388 g/mol. The first kappa shape index (κ1) is 21.0. The largest absolute Gasteiger partial charge is 0.497 e. The summed E-state index contributed by atoms with van der Waals surface area (Å²) in [4.78, 5) is 27.0. The Balaban J connectivity index is 1.54. The zero-order chi connectivity index (χ0) is 20.8. The van der Waals surface area contributed by atoms with Crippen molar-refractivity contribution in [2.45, 2.75) is 26.3 Å². The summed E-state index contributed by atoms with van der Waals surface area (Å²) in [5.74, 6) is 2.37. The van der Waals surface area contributed by atoms with Crippen LogP contribution >= 0.6 is 11.8 Å². The normalized spacial score (nSPS) is 15.8. The maximum absolute atomic E-state index is 12.7. The van der Waals surface area contributed by atoms with Crippen LogP contribution in [0.3, 0.4) is 0 Å². The molecule has 0 aromatic heterocycles. The van der Waals surface area contributed by atoms with Gasteiger partial charge in [0.15, 0.2) is 0 Å². The molecule has 7 heteroatoms. The van der Waals surface area contributed by atoms with Gasteiger partial charge in [0.25, 0.3) is 0 Å². The van der Waals surface area contributed by atoms with E-state index in [0.29, 0.717) is 17.3 Å². The molecule has 2 aromatic rings. The maximum Gasteiger partial charge on any atom is 0.248 e. The first-order chi connectivity index (χ1) is 14.0. The molecule has 154 valence electrons. The van der Waals surface area contributed by atoms with E-state index in [0.717, 1.165) is 22.6 Å². The van der Waals surface area contributed by atoms with Crippen LogP contribution in [0.15, 0.2) is 42.5 Å². The number of amides is 2. The average molecular weight is 415 g/mol. The zero-order valence-corrected chi connectivity index (χ0v) is 17.8. The molecule has 0 radical (unpaired) electrons. The molecule has 0 bridgehead atoms. The predicted octanol–water partition coefficient (Wildman–Crippen LogP) is 3.62. The van der Waals surface area contributed by atoms with Crippen molar-refractivity contribution in [3.05, 3.63) is 53.6 Å². The number of nitrogens with zero attached hydrogens (tertiary/aromatic N) is 1. The van der Waals surface area contributed by atoms with Gasteiger partial charge in [0, 0.05) is 11.4 Å². The number of nitrogens with one attached hydrogen (secondary N) is 1. The number of rotatable bonds is 7. The van der Waals surface area contributed by atoms with Crippen LogP contribution < -0.4 is 14.8 Å². The number of aryl methyl sites for hydroxylation is 1. The van der Waals surface area contributed by atoms with Gasteiger partial charge >= 0.3 is 0 Å². The van der Waals surface area contributed by atoms with Crippen LogP contribution in [0.1, 0.15) is 17.5 Å². The van der Waals surface area contributed by atoms with Crippen molar-refractivity contribution in [1.82, 2.24) is 4.90 Å². The van der Waals surface area contributed by atoms with Crippen molar-refractivity contribution in [2.75, 3.05) is 30.7 Å². The van der Waals surface area contributed by atoms with Gasteiger partial charge in [-0.3, -0.25) is 9.59 Å². The topological polar surface area (TPSA) is 67.9 Å². The van der Waals surface area contributed by atoms with Gasteiger partial charge < -0.3 is 19.7 Å². The van der Waals surface area contributed by atoms with Crippen molar-refractivity contribution >= 4 is 29.3 Å². The van der Waals surface area contributed by atoms with Gasteiger partial charge in [0.1, 0.15) is 17.5 Å². The van der Waals surface area contributed by atoms with Crippen molar-refractivity contribution in [2.24, 2.45) is 0 Å². The lowest BCUT2D eigenvalue weighted by atomic mass is 10.1. The summed E-state index contributed by atoms with van der Waals surface area (Å²) < 4.78 is 10.9. The summed E-state index contributed by atoms with van der Waals surface area (Å²) in [6.07, 6.45) is 0.236. The highest BCUT2D eigenvalue weighted by molar-refractivity contribution is 7.99. The third-order valence-corrected chi connectivity index (χ3v) is 6.00. The Morgan fingerprint density at radius 2 is 1.93 bits per heavy atom. The minimum Gasteiger partial charge on any atom is -0.497 e. The summed E-state index contributed by atoms with van der Waals surface area (Å²) in [5, 5.41) is 2.88. The Morgan fingerprint density at radius 3 is 2.66 bits per heavy atom. The van der Waals surface area contributed by atoms with Crippen LogP contribution in [0.5, 0.6) is 11.5 Å². The number of thioether (sulfide) groups is 1. The Kier molecular flexibility index (Phi) is 7.04. The minimum atomic E-state index is -0.477. The zero-order valence-electron chi connectivity index (χ0n) is 16.9. The highest BCUT2D eigenvalue weighted by Gasteiger charge is 2.34. The second kappa shape index (κ2) is 9.69. The first-order valence-electron chi connectivity index (χ1n) is 9.50.